The summed E-state index contributed by atoms with van der Waals surface area (Å²) in [4.78, 5) is 11.2. The summed E-state index contributed by atoms with van der Waals surface area (Å²) in [5.74, 6) is 0.358. The lowest BCUT2D eigenvalue weighted by atomic mass is 9.86. The molecule has 170 valence electrons. The van der Waals surface area contributed by atoms with E-state index in [-0.39, 0.29) is 11.5 Å². The summed E-state index contributed by atoms with van der Waals surface area (Å²) >= 11 is 0. The van der Waals surface area contributed by atoms with Crippen molar-refractivity contribution in [3.8, 4) is 5.75 Å². The fraction of sp³-hybridized carbons (Fsp3) is 0.519. The monoisotopic (exact) mass is 426 g/mol. The largest absolute Gasteiger partial charge is 0.488 e. The van der Waals surface area contributed by atoms with Crippen LogP contribution in [-0.2, 0) is 6.42 Å². The summed E-state index contributed by atoms with van der Waals surface area (Å²) < 4.78 is 6.08. The van der Waals surface area contributed by atoms with Gasteiger partial charge in [0.25, 0.3) is 0 Å². The molecule has 31 heavy (non-hydrogen) atoms. The van der Waals surface area contributed by atoms with Gasteiger partial charge in [0.15, 0.2) is 0 Å². The highest BCUT2D eigenvalue weighted by molar-refractivity contribution is 5.89. The van der Waals surface area contributed by atoms with Crippen molar-refractivity contribution < 1.29 is 19.7 Å². The van der Waals surface area contributed by atoms with Crippen LogP contribution in [-0.4, -0.2) is 28.4 Å². The number of rotatable bonds is 9. The van der Waals surface area contributed by atoms with Crippen LogP contribution in [0.1, 0.15) is 86.0 Å². The van der Waals surface area contributed by atoms with Gasteiger partial charge in [-0.1, -0.05) is 52.0 Å². The van der Waals surface area contributed by atoms with Crippen LogP contribution in [0.25, 0.3) is 0 Å². The second-order valence-corrected chi connectivity index (χ2v) is 9.76. The number of aliphatic hydroxyl groups is 1. The number of hydrogen-bond donors (Lipinski definition) is 2. The predicted octanol–water partition coefficient (Wildman–Crippen LogP) is 6.30. The number of aryl methyl sites for hydroxylation is 3. The van der Waals surface area contributed by atoms with E-state index in [0.717, 1.165) is 36.1 Å². The summed E-state index contributed by atoms with van der Waals surface area (Å²) in [5, 5.41) is 19.7. The van der Waals surface area contributed by atoms with E-state index in [1.165, 1.54) is 11.1 Å². The lowest BCUT2D eigenvalue weighted by molar-refractivity contribution is -0.0234. The topological polar surface area (TPSA) is 66.8 Å². The number of aliphatic hydroxyl groups excluding tert-OH is 1. The highest BCUT2D eigenvalue weighted by atomic mass is 16.5. The van der Waals surface area contributed by atoms with Gasteiger partial charge in [0.05, 0.1) is 11.7 Å². The van der Waals surface area contributed by atoms with E-state index in [1.807, 2.05) is 52.8 Å². The SMILES string of the molecule is CCC(CCc1ccc(C(=O)O)c(C)c1)c1ccc(OC(C)C(O)C(C)(C)C)c(C)c1. The molecule has 0 aliphatic rings. The van der Waals surface area contributed by atoms with Crippen molar-refractivity contribution in [2.24, 2.45) is 5.41 Å². The molecule has 0 saturated heterocycles. The fourth-order valence-corrected chi connectivity index (χ4v) is 4.10. The normalized spacial score (nSPS) is 14.7. The molecule has 0 heterocycles. The van der Waals surface area contributed by atoms with Gasteiger partial charge in [-0.3, -0.25) is 0 Å². The quantitative estimate of drug-likeness (QED) is 0.493. The second-order valence-electron chi connectivity index (χ2n) is 9.76. The number of aromatic carboxylic acids is 1. The van der Waals surface area contributed by atoms with Crippen LogP contribution in [0.15, 0.2) is 36.4 Å². The molecule has 4 heteroatoms. The maximum absolute atomic E-state index is 11.2. The van der Waals surface area contributed by atoms with Gasteiger partial charge < -0.3 is 14.9 Å². The molecule has 3 atom stereocenters. The Balaban J connectivity index is 2.08. The minimum Gasteiger partial charge on any atom is -0.488 e. The molecule has 4 nitrogen and oxygen atoms in total. The summed E-state index contributed by atoms with van der Waals surface area (Å²) in [6.07, 6.45) is 2.10. The number of carboxylic acid groups (broad SMARTS) is 1. The van der Waals surface area contributed by atoms with Crippen molar-refractivity contribution in [3.05, 3.63) is 64.2 Å². The third-order valence-electron chi connectivity index (χ3n) is 6.11. The van der Waals surface area contributed by atoms with Crippen LogP contribution >= 0.6 is 0 Å². The molecule has 0 fully saturated rings. The zero-order chi connectivity index (χ0) is 23.3. The molecule has 0 saturated carbocycles. The summed E-state index contributed by atoms with van der Waals surface area (Å²) in [6, 6.07) is 12.0. The zero-order valence-corrected chi connectivity index (χ0v) is 20.0. The molecule has 0 spiro atoms. The Morgan fingerprint density at radius 2 is 1.74 bits per heavy atom. The van der Waals surface area contributed by atoms with Crippen LogP contribution in [0.4, 0.5) is 0 Å². The fourth-order valence-electron chi connectivity index (χ4n) is 4.10. The van der Waals surface area contributed by atoms with Gasteiger partial charge in [0.1, 0.15) is 11.9 Å². The Morgan fingerprint density at radius 3 is 2.26 bits per heavy atom. The second kappa shape index (κ2) is 10.3. The van der Waals surface area contributed by atoms with Crippen LogP contribution in [0.3, 0.4) is 0 Å². The molecule has 3 unspecified atom stereocenters. The van der Waals surface area contributed by atoms with Crippen molar-refractivity contribution in [1.82, 2.24) is 0 Å². The van der Waals surface area contributed by atoms with Gasteiger partial charge in [-0.2, -0.15) is 0 Å². The van der Waals surface area contributed by atoms with Crippen molar-refractivity contribution in [3.63, 3.8) is 0 Å². The maximum Gasteiger partial charge on any atom is 0.335 e. The highest BCUT2D eigenvalue weighted by Crippen LogP contribution is 2.31. The van der Waals surface area contributed by atoms with Crippen LogP contribution in [0.2, 0.25) is 0 Å². The molecule has 2 rings (SSSR count). The average Bonchev–Trinajstić information content (AvgIpc) is 2.68. The predicted molar refractivity (Wildman–Crippen MR) is 126 cm³/mol. The molecular formula is C27H38O4. The van der Waals surface area contributed by atoms with Gasteiger partial charge in [-0.15, -0.1) is 0 Å². The molecule has 0 amide bonds. The summed E-state index contributed by atoms with van der Waals surface area (Å²) in [6.45, 7) is 14.0. The van der Waals surface area contributed by atoms with Gasteiger partial charge in [-0.25, -0.2) is 4.79 Å². The van der Waals surface area contributed by atoms with Gasteiger partial charge in [-0.05, 0) is 85.8 Å². The molecule has 0 radical (unpaired) electrons. The number of carbonyl (C=O) groups is 1. The van der Waals surface area contributed by atoms with Crippen LogP contribution in [0.5, 0.6) is 5.75 Å². The smallest absolute Gasteiger partial charge is 0.335 e. The average molecular weight is 427 g/mol. The van der Waals surface area contributed by atoms with E-state index in [0.29, 0.717) is 11.5 Å². The molecule has 2 aromatic carbocycles. The van der Waals surface area contributed by atoms with E-state index < -0.39 is 12.1 Å². The van der Waals surface area contributed by atoms with Crippen molar-refractivity contribution in [2.45, 2.75) is 85.9 Å². The minimum atomic E-state index is -0.877. The molecule has 0 bridgehead atoms. The Kier molecular flexibility index (Phi) is 8.30. The van der Waals surface area contributed by atoms with E-state index in [9.17, 15) is 15.0 Å². The minimum absolute atomic E-state index is 0.235. The molecule has 0 aromatic heterocycles. The Bertz CT molecular complexity index is 895. The van der Waals surface area contributed by atoms with Gasteiger partial charge in [0, 0.05) is 0 Å². The van der Waals surface area contributed by atoms with E-state index in [2.05, 4.69) is 26.0 Å². The summed E-state index contributed by atoms with van der Waals surface area (Å²) in [7, 11) is 0. The lowest BCUT2D eigenvalue weighted by Gasteiger charge is -2.31. The summed E-state index contributed by atoms with van der Waals surface area (Å²) in [5.41, 5.74) is 4.47. The standard InChI is InChI=1S/C27H38O4/c1-8-21(11-9-20-10-13-23(26(29)30)17(2)15-20)22-12-14-24(18(3)16-22)31-19(4)25(28)27(5,6)7/h10,12-16,19,21,25,28H,8-9,11H2,1-7H3,(H,29,30). The highest BCUT2D eigenvalue weighted by Gasteiger charge is 2.29. The van der Waals surface area contributed by atoms with E-state index in [1.54, 1.807) is 6.07 Å². The molecule has 2 aromatic rings. The van der Waals surface area contributed by atoms with Crippen molar-refractivity contribution >= 4 is 5.97 Å². The van der Waals surface area contributed by atoms with Crippen molar-refractivity contribution in [1.29, 1.82) is 0 Å². The number of carboxylic acids is 1. The van der Waals surface area contributed by atoms with Crippen LogP contribution < -0.4 is 4.74 Å². The van der Waals surface area contributed by atoms with E-state index in [4.69, 9.17) is 4.74 Å². The first-order valence-electron chi connectivity index (χ1n) is 11.2. The third-order valence-corrected chi connectivity index (χ3v) is 6.11. The van der Waals surface area contributed by atoms with Gasteiger partial charge in [0.2, 0.25) is 0 Å². The first-order chi connectivity index (χ1) is 14.4. The van der Waals surface area contributed by atoms with Crippen LogP contribution in [0, 0.1) is 19.3 Å². The molecule has 0 aliphatic heterocycles. The Morgan fingerprint density at radius 1 is 1.06 bits per heavy atom. The van der Waals surface area contributed by atoms with Crippen molar-refractivity contribution in [2.75, 3.05) is 0 Å². The Labute approximate surface area is 187 Å². The first-order valence-corrected chi connectivity index (χ1v) is 11.2. The lowest BCUT2D eigenvalue weighted by Crippen LogP contribution is -2.39. The first kappa shape index (κ1) is 24.9. The maximum atomic E-state index is 11.2. The zero-order valence-electron chi connectivity index (χ0n) is 20.0. The number of hydrogen-bond acceptors (Lipinski definition) is 3. The van der Waals surface area contributed by atoms with E-state index >= 15 is 0 Å². The molecule has 0 aliphatic carbocycles. The van der Waals surface area contributed by atoms with Gasteiger partial charge >= 0.3 is 5.97 Å². The number of benzene rings is 2. The molecule has 2 N–H and O–H groups in total. The number of ether oxygens (including phenoxy) is 1. The molecular weight excluding hydrogens is 388 g/mol. The Hall–Kier alpha value is -2.33. The third kappa shape index (κ3) is 6.57.